The summed E-state index contributed by atoms with van der Waals surface area (Å²) in [5.74, 6) is -0.334. The maximum atomic E-state index is 13.3. The molecule has 1 heterocycles. The lowest BCUT2D eigenvalue weighted by Gasteiger charge is -2.31. The average molecular weight is 447 g/mol. The normalized spacial score (nSPS) is 17.5. The Balaban J connectivity index is 1.81. The second-order valence-electron chi connectivity index (χ2n) is 7.68. The van der Waals surface area contributed by atoms with Crippen molar-refractivity contribution < 1.29 is 22.7 Å². The number of nitrogens with zero attached hydrogens (tertiary/aromatic N) is 2. The van der Waals surface area contributed by atoms with Gasteiger partial charge in [0.25, 0.3) is 0 Å². The predicted octanol–water partition coefficient (Wildman–Crippen LogP) is 3.16. The lowest BCUT2D eigenvalue weighted by molar-refractivity contribution is 0.00771. The number of carbonyl (C=O) groups excluding carboxylic acids is 1. The van der Waals surface area contributed by atoms with Gasteiger partial charge in [-0.1, -0.05) is 37.3 Å². The van der Waals surface area contributed by atoms with Crippen LogP contribution in [-0.4, -0.2) is 63.5 Å². The number of hydrogen-bond donors (Lipinski definition) is 0. The molecule has 0 amide bonds. The van der Waals surface area contributed by atoms with Crippen molar-refractivity contribution in [2.45, 2.75) is 37.3 Å². The third kappa shape index (κ3) is 5.64. The van der Waals surface area contributed by atoms with E-state index in [9.17, 15) is 13.2 Å². The highest BCUT2D eigenvalue weighted by atomic mass is 32.2. The fourth-order valence-corrected chi connectivity index (χ4v) is 5.05. The van der Waals surface area contributed by atoms with Gasteiger partial charge in [-0.05, 0) is 49.7 Å². The number of likely N-dealkylation sites (N-methyl/N-ethyl adjacent to an activating group) is 1. The molecule has 7 nitrogen and oxygen atoms in total. The van der Waals surface area contributed by atoms with Crippen LogP contribution in [0.15, 0.2) is 53.4 Å². The van der Waals surface area contributed by atoms with Gasteiger partial charge in [-0.15, -0.1) is 0 Å². The summed E-state index contributed by atoms with van der Waals surface area (Å²) in [6, 6.07) is 13.7. The van der Waals surface area contributed by atoms with Crippen LogP contribution in [0.4, 0.5) is 0 Å². The highest BCUT2D eigenvalue weighted by Gasteiger charge is 2.28. The van der Waals surface area contributed by atoms with E-state index in [1.54, 1.807) is 0 Å². The zero-order valence-electron chi connectivity index (χ0n) is 18.3. The molecule has 0 N–H and O–H groups in total. The third-order valence-corrected chi connectivity index (χ3v) is 7.34. The lowest BCUT2D eigenvalue weighted by atomic mass is 10.1. The molecule has 1 atom stereocenters. The summed E-state index contributed by atoms with van der Waals surface area (Å²) in [5.41, 5.74) is 1.06. The molecule has 3 rings (SSSR count). The summed E-state index contributed by atoms with van der Waals surface area (Å²) >= 11 is 0. The molecule has 168 valence electrons. The molecule has 2 aromatic rings. The minimum Gasteiger partial charge on any atom is -0.495 e. The topological polar surface area (TPSA) is 76.1 Å². The maximum Gasteiger partial charge on any atom is 0.338 e. The molecule has 1 unspecified atom stereocenters. The van der Waals surface area contributed by atoms with Crippen molar-refractivity contribution in [1.29, 1.82) is 0 Å². The lowest BCUT2D eigenvalue weighted by Crippen LogP contribution is -2.40. The van der Waals surface area contributed by atoms with Gasteiger partial charge in [0, 0.05) is 20.1 Å². The number of methoxy groups -OCH3 is 1. The number of esters is 1. The number of likely N-dealkylation sites (tertiary alicyclic amines) is 1. The third-order valence-electron chi connectivity index (χ3n) is 5.52. The Hall–Kier alpha value is -2.42. The molecular weight excluding hydrogens is 416 g/mol. The van der Waals surface area contributed by atoms with Crippen LogP contribution in [0.25, 0.3) is 0 Å². The molecule has 1 aliphatic rings. The highest BCUT2D eigenvalue weighted by Crippen LogP contribution is 2.29. The number of piperidine rings is 1. The van der Waals surface area contributed by atoms with Crippen LogP contribution in [-0.2, 0) is 21.3 Å². The number of hydrogen-bond acceptors (Lipinski definition) is 6. The Bertz CT molecular complexity index is 994. The van der Waals surface area contributed by atoms with E-state index >= 15 is 0 Å². The van der Waals surface area contributed by atoms with Gasteiger partial charge in [-0.2, -0.15) is 4.31 Å². The maximum absolute atomic E-state index is 13.3. The van der Waals surface area contributed by atoms with Crippen molar-refractivity contribution >= 4 is 16.0 Å². The zero-order valence-corrected chi connectivity index (χ0v) is 19.1. The number of benzene rings is 2. The zero-order chi connectivity index (χ0) is 22.4. The van der Waals surface area contributed by atoms with Crippen LogP contribution in [0.1, 0.15) is 35.7 Å². The molecule has 31 heavy (non-hydrogen) atoms. The standard InChI is InChI=1S/C23H30N2O5S/c1-4-25-14-8-11-20(17-25)30-23(26)19-12-13-21(29-3)22(15-19)31(27,28)24(2)16-18-9-6-5-7-10-18/h5-7,9-10,12-13,15,20H,4,8,11,14,16-17H2,1-3H3. The molecular formula is C23H30N2O5S. The Morgan fingerprint density at radius 1 is 1.19 bits per heavy atom. The fourth-order valence-electron chi connectivity index (χ4n) is 3.71. The van der Waals surface area contributed by atoms with E-state index in [0.29, 0.717) is 6.54 Å². The summed E-state index contributed by atoms with van der Waals surface area (Å²) in [6.07, 6.45) is 1.59. The first-order valence-electron chi connectivity index (χ1n) is 10.5. The van der Waals surface area contributed by atoms with Gasteiger partial charge in [0.2, 0.25) is 10.0 Å². The quantitative estimate of drug-likeness (QED) is 0.580. The molecule has 2 aromatic carbocycles. The van der Waals surface area contributed by atoms with Crippen LogP contribution in [0.5, 0.6) is 5.75 Å². The van der Waals surface area contributed by atoms with Gasteiger partial charge >= 0.3 is 5.97 Å². The van der Waals surface area contributed by atoms with Crippen LogP contribution < -0.4 is 4.74 Å². The summed E-state index contributed by atoms with van der Waals surface area (Å²) in [7, 11) is -0.974. The Morgan fingerprint density at radius 3 is 2.61 bits per heavy atom. The van der Waals surface area contributed by atoms with Crippen molar-refractivity contribution in [3.8, 4) is 5.75 Å². The summed E-state index contributed by atoms with van der Waals surface area (Å²) in [4.78, 5) is 14.9. The van der Waals surface area contributed by atoms with Gasteiger partial charge in [0.15, 0.2) is 0 Å². The predicted molar refractivity (Wildman–Crippen MR) is 119 cm³/mol. The molecule has 1 aliphatic heterocycles. The van der Waals surface area contributed by atoms with Crippen LogP contribution in [0.2, 0.25) is 0 Å². The van der Waals surface area contributed by atoms with Crippen molar-refractivity contribution in [2.24, 2.45) is 0 Å². The Labute approximate surface area is 184 Å². The molecule has 1 fully saturated rings. The summed E-state index contributed by atoms with van der Waals surface area (Å²) < 4.78 is 38.7. The van der Waals surface area contributed by atoms with E-state index in [4.69, 9.17) is 9.47 Å². The summed E-state index contributed by atoms with van der Waals surface area (Å²) in [6.45, 7) is 4.89. The van der Waals surface area contributed by atoms with E-state index in [1.165, 1.54) is 36.7 Å². The highest BCUT2D eigenvalue weighted by molar-refractivity contribution is 7.89. The minimum absolute atomic E-state index is 0.0540. The van der Waals surface area contributed by atoms with E-state index in [1.807, 2.05) is 30.3 Å². The molecule has 0 radical (unpaired) electrons. The first kappa shape index (κ1) is 23.2. The van der Waals surface area contributed by atoms with Gasteiger partial charge in [0.1, 0.15) is 16.7 Å². The van der Waals surface area contributed by atoms with Gasteiger partial charge < -0.3 is 9.47 Å². The largest absolute Gasteiger partial charge is 0.495 e. The van der Waals surface area contributed by atoms with Crippen molar-refractivity contribution in [2.75, 3.05) is 33.8 Å². The van der Waals surface area contributed by atoms with E-state index in [2.05, 4.69) is 11.8 Å². The van der Waals surface area contributed by atoms with Crippen LogP contribution in [0, 0.1) is 0 Å². The molecule has 0 aromatic heterocycles. The smallest absolute Gasteiger partial charge is 0.338 e. The number of sulfonamides is 1. The molecule has 0 saturated carbocycles. The van der Waals surface area contributed by atoms with E-state index < -0.39 is 16.0 Å². The molecule has 0 bridgehead atoms. The minimum atomic E-state index is -3.89. The van der Waals surface area contributed by atoms with Crippen molar-refractivity contribution in [1.82, 2.24) is 9.21 Å². The summed E-state index contributed by atoms with van der Waals surface area (Å²) in [5, 5.41) is 0. The first-order chi connectivity index (χ1) is 14.8. The van der Waals surface area contributed by atoms with Gasteiger partial charge in [-0.25, -0.2) is 13.2 Å². The Kier molecular flexibility index (Phi) is 7.69. The van der Waals surface area contributed by atoms with Crippen LogP contribution in [0.3, 0.4) is 0 Å². The van der Waals surface area contributed by atoms with Crippen molar-refractivity contribution in [3.63, 3.8) is 0 Å². The molecule has 1 saturated heterocycles. The average Bonchev–Trinajstić information content (AvgIpc) is 2.79. The van der Waals surface area contributed by atoms with Gasteiger partial charge in [-0.3, -0.25) is 4.90 Å². The van der Waals surface area contributed by atoms with Gasteiger partial charge in [0.05, 0.1) is 12.7 Å². The number of carbonyl (C=O) groups is 1. The van der Waals surface area contributed by atoms with Crippen LogP contribution >= 0.6 is 0 Å². The molecule has 0 aliphatic carbocycles. The second-order valence-corrected chi connectivity index (χ2v) is 9.69. The SMILES string of the molecule is CCN1CCCC(OC(=O)c2ccc(OC)c(S(=O)(=O)N(C)Cc3ccccc3)c2)C1. The monoisotopic (exact) mass is 446 g/mol. The number of ether oxygens (including phenoxy) is 2. The number of rotatable bonds is 8. The second kappa shape index (κ2) is 10.3. The van der Waals surface area contributed by atoms with Crippen molar-refractivity contribution in [3.05, 3.63) is 59.7 Å². The Morgan fingerprint density at radius 2 is 1.94 bits per heavy atom. The fraction of sp³-hybridized carbons (Fsp3) is 0.435. The molecule has 8 heteroatoms. The van der Waals surface area contributed by atoms with E-state index in [-0.39, 0.29) is 28.9 Å². The first-order valence-corrected chi connectivity index (χ1v) is 11.9. The molecule has 0 spiro atoms. The van der Waals surface area contributed by atoms with E-state index in [0.717, 1.165) is 31.5 Å².